The molecule has 1 aromatic heterocycles. The molecule has 0 bridgehead atoms. The Kier molecular flexibility index (Phi) is 3.91. The summed E-state index contributed by atoms with van der Waals surface area (Å²) in [7, 11) is 2.12. The number of rotatable bonds is 2. The molecule has 3 unspecified atom stereocenters. The Morgan fingerprint density at radius 2 is 1.61 bits per heavy atom. The van der Waals surface area contributed by atoms with Crippen LogP contribution in [-0.2, 0) is 4.74 Å². The zero-order valence-corrected chi connectivity index (χ0v) is 18.3. The predicted octanol–water partition coefficient (Wildman–Crippen LogP) is 6.28. The van der Waals surface area contributed by atoms with E-state index in [4.69, 9.17) is 9.72 Å². The molecule has 0 N–H and O–H groups in total. The molecule has 4 nitrogen and oxygen atoms in total. The summed E-state index contributed by atoms with van der Waals surface area (Å²) in [6, 6.07) is 29.8. The van der Waals surface area contributed by atoms with E-state index >= 15 is 0 Å². The predicted molar refractivity (Wildman–Crippen MR) is 131 cm³/mol. The van der Waals surface area contributed by atoms with Crippen molar-refractivity contribution in [3.8, 4) is 0 Å². The van der Waals surface area contributed by atoms with Crippen LogP contribution in [0.15, 0.2) is 115 Å². The molecular formula is C29H23N3O. The number of benzene rings is 3. The lowest BCUT2D eigenvalue weighted by atomic mass is 9.88. The third-order valence-electron chi connectivity index (χ3n) is 7.08. The monoisotopic (exact) mass is 429 g/mol. The van der Waals surface area contributed by atoms with Crippen molar-refractivity contribution in [1.82, 2.24) is 9.88 Å². The van der Waals surface area contributed by atoms with Crippen molar-refractivity contribution in [2.24, 2.45) is 0 Å². The Labute approximate surface area is 193 Å². The van der Waals surface area contributed by atoms with Gasteiger partial charge >= 0.3 is 0 Å². The molecule has 0 saturated heterocycles. The largest absolute Gasteiger partial charge is 0.468 e. The molecule has 0 spiro atoms. The molecule has 3 aliphatic rings. The van der Waals surface area contributed by atoms with E-state index in [2.05, 4.69) is 108 Å². The van der Waals surface area contributed by atoms with Gasteiger partial charge in [-0.2, -0.15) is 0 Å². The van der Waals surface area contributed by atoms with Gasteiger partial charge in [0.1, 0.15) is 11.6 Å². The first kappa shape index (κ1) is 18.5. The minimum atomic E-state index is -0.111. The minimum absolute atomic E-state index is 0.111. The zero-order valence-electron chi connectivity index (χ0n) is 18.3. The molecule has 4 heteroatoms. The van der Waals surface area contributed by atoms with Crippen LogP contribution in [0.2, 0.25) is 0 Å². The number of likely N-dealkylation sites (N-methyl/N-ethyl adjacent to an activating group) is 1. The van der Waals surface area contributed by atoms with Crippen LogP contribution < -0.4 is 4.90 Å². The highest BCUT2D eigenvalue weighted by atomic mass is 16.5. The fraction of sp³-hybridized carbons (Fsp3) is 0.138. The minimum Gasteiger partial charge on any atom is -0.468 e. The molecule has 3 aromatic carbocycles. The second-order valence-electron chi connectivity index (χ2n) is 8.89. The Balaban J connectivity index is 1.33. The first-order valence-corrected chi connectivity index (χ1v) is 11.4. The summed E-state index contributed by atoms with van der Waals surface area (Å²) in [5, 5.41) is 2.35. The lowest BCUT2D eigenvalue weighted by Gasteiger charge is -2.30. The molecule has 7 rings (SSSR count). The van der Waals surface area contributed by atoms with Crippen molar-refractivity contribution in [3.63, 3.8) is 0 Å². The van der Waals surface area contributed by atoms with E-state index in [1.54, 1.807) is 0 Å². The maximum atomic E-state index is 6.70. The fourth-order valence-corrected chi connectivity index (χ4v) is 5.53. The molecule has 2 aliphatic heterocycles. The number of allylic oxidation sites excluding steroid dienone is 1. The van der Waals surface area contributed by atoms with E-state index in [0.29, 0.717) is 0 Å². The van der Waals surface area contributed by atoms with Crippen molar-refractivity contribution in [1.29, 1.82) is 0 Å². The van der Waals surface area contributed by atoms with E-state index in [-0.39, 0.29) is 18.2 Å². The molecule has 3 heterocycles. The number of anilines is 2. The fourth-order valence-electron chi connectivity index (χ4n) is 5.53. The number of nitrogens with zero attached hydrogens (tertiary/aromatic N) is 3. The lowest BCUT2D eigenvalue weighted by molar-refractivity contribution is 0.0485. The third kappa shape index (κ3) is 2.67. The summed E-state index contributed by atoms with van der Waals surface area (Å²) >= 11 is 0. The van der Waals surface area contributed by atoms with Gasteiger partial charge < -0.3 is 14.5 Å². The average molecular weight is 430 g/mol. The van der Waals surface area contributed by atoms with Crippen LogP contribution in [0.1, 0.15) is 23.3 Å². The van der Waals surface area contributed by atoms with Crippen LogP contribution in [-0.4, -0.2) is 23.0 Å². The Morgan fingerprint density at radius 1 is 0.848 bits per heavy atom. The van der Waals surface area contributed by atoms with Gasteiger partial charge in [0, 0.05) is 29.9 Å². The van der Waals surface area contributed by atoms with Crippen molar-refractivity contribution < 1.29 is 4.74 Å². The SMILES string of the molecule is CN1C2=C(OC1c1ccccc1)C1c3ccccc3N(c3cc4ccccc4cn3)C1C=C2. The normalized spacial score (nSPS) is 22.9. The molecular weight excluding hydrogens is 406 g/mol. The number of para-hydroxylation sites is 1. The van der Waals surface area contributed by atoms with E-state index in [1.807, 2.05) is 12.3 Å². The standard InChI is InChI=1S/C29H23N3O/c1-31-25-16-15-24-27(28(25)33-29(31)19-9-3-2-4-10-19)22-13-7-8-14-23(22)32(24)26-17-20-11-5-6-12-21(20)18-30-26/h2-18,24,27,29H,1H3. The molecule has 0 radical (unpaired) electrons. The smallest absolute Gasteiger partial charge is 0.198 e. The Hall–Kier alpha value is -4.05. The van der Waals surface area contributed by atoms with Crippen molar-refractivity contribution in [3.05, 3.63) is 126 Å². The second kappa shape index (κ2) is 6.97. The maximum Gasteiger partial charge on any atom is 0.198 e. The maximum absolute atomic E-state index is 6.70. The first-order valence-electron chi connectivity index (χ1n) is 11.4. The average Bonchev–Trinajstić information content (AvgIpc) is 3.39. The van der Waals surface area contributed by atoms with Crippen LogP contribution in [0.4, 0.5) is 11.5 Å². The summed E-state index contributed by atoms with van der Waals surface area (Å²) in [6.07, 6.45) is 6.40. The van der Waals surface area contributed by atoms with Crippen molar-refractivity contribution in [2.45, 2.75) is 18.2 Å². The van der Waals surface area contributed by atoms with Crippen LogP contribution in [0.5, 0.6) is 0 Å². The van der Waals surface area contributed by atoms with Gasteiger partial charge in [0.05, 0.1) is 17.7 Å². The number of fused-ring (bicyclic) bond motifs is 5. The Morgan fingerprint density at radius 3 is 2.48 bits per heavy atom. The molecule has 0 fully saturated rings. The van der Waals surface area contributed by atoms with Gasteiger partial charge in [0.2, 0.25) is 0 Å². The highest BCUT2D eigenvalue weighted by molar-refractivity contribution is 5.86. The van der Waals surface area contributed by atoms with Crippen LogP contribution in [0, 0.1) is 0 Å². The third-order valence-corrected chi connectivity index (χ3v) is 7.08. The number of pyridine rings is 1. The molecule has 4 aromatic rings. The Bertz CT molecular complexity index is 1440. The van der Waals surface area contributed by atoms with Gasteiger partial charge in [-0.15, -0.1) is 0 Å². The summed E-state index contributed by atoms with van der Waals surface area (Å²) in [5.74, 6) is 2.15. The number of hydrogen-bond donors (Lipinski definition) is 0. The summed E-state index contributed by atoms with van der Waals surface area (Å²) < 4.78 is 6.70. The molecule has 1 aliphatic carbocycles. The zero-order chi connectivity index (χ0) is 21.9. The second-order valence-corrected chi connectivity index (χ2v) is 8.89. The van der Waals surface area contributed by atoms with E-state index in [0.717, 1.165) is 22.7 Å². The summed E-state index contributed by atoms with van der Waals surface area (Å²) in [6.45, 7) is 0. The van der Waals surface area contributed by atoms with Gasteiger partial charge in [-0.1, -0.05) is 78.9 Å². The molecule has 0 saturated carbocycles. The van der Waals surface area contributed by atoms with Gasteiger partial charge in [0.25, 0.3) is 0 Å². The summed E-state index contributed by atoms with van der Waals surface area (Å²) in [5.41, 5.74) is 4.81. The lowest BCUT2D eigenvalue weighted by Crippen LogP contribution is -2.31. The highest BCUT2D eigenvalue weighted by Crippen LogP contribution is 2.54. The van der Waals surface area contributed by atoms with Gasteiger partial charge in [-0.25, -0.2) is 4.98 Å². The molecule has 33 heavy (non-hydrogen) atoms. The molecule has 0 amide bonds. The van der Waals surface area contributed by atoms with Crippen molar-refractivity contribution >= 4 is 22.3 Å². The first-order chi connectivity index (χ1) is 16.3. The van der Waals surface area contributed by atoms with E-state index < -0.39 is 0 Å². The quantitative estimate of drug-likeness (QED) is 0.375. The van der Waals surface area contributed by atoms with Crippen LogP contribution in [0.3, 0.4) is 0 Å². The number of hydrogen-bond acceptors (Lipinski definition) is 4. The van der Waals surface area contributed by atoms with Crippen LogP contribution in [0.25, 0.3) is 10.8 Å². The van der Waals surface area contributed by atoms with E-state index in [1.165, 1.54) is 22.2 Å². The van der Waals surface area contributed by atoms with E-state index in [9.17, 15) is 0 Å². The topological polar surface area (TPSA) is 28.6 Å². The molecule has 3 atom stereocenters. The van der Waals surface area contributed by atoms with Gasteiger partial charge in [-0.05, 0) is 29.2 Å². The van der Waals surface area contributed by atoms with Gasteiger partial charge in [-0.3, -0.25) is 0 Å². The van der Waals surface area contributed by atoms with Gasteiger partial charge in [0.15, 0.2) is 6.23 Å². The highest BCUT2D eigenvalue weighted by Gasteiger charge is 2.47. The number of aromatic nitrogens is 1. The number of ether oxygens (including phenoxy) is 1. The van der Waals surface area contributed by atoms with Crippen LogP contribution >= 0.6 is 0 Å². The molecule has 160 valence electrons. The summed E-state index contributed by atoms with van der Waals surface area (Å²) in [4.78, 5) is 9.48. The van der Waals surface area contributed by atoms with Crippen molar-refractivity contribution in [2.75, 3.05) is 11.9 Å².